The van der Waals surface area contributed by atoms with Gasteiger partial charge in [-0.15, -0.1) is 0 Å². The standard InChI is InChI=1S/C17H22N2O/c1-5-15-9-14(11-18-4)10-17(19-15)20-16-7-6-12(2)8-13(16)3/h6-10,18H,5,11H2,1-4H3. The minimum absolute atomic E-state index is 0.668. The fourth-order valence-corrected chi connectivity index (χ4v) is 2.19. The van der Waals surface area contributed by atoms with E-state index in [1.165, 1.54) is 11.1 Å². The van der Waals surface area contributed by atoms with Gasteiger partial charge in [0.25, 0.3) is 0 Å². The molecule has 0 atom stereocenters. The van der Waals surface area contributed by atoms with Crippen molar-refractivity contribution >= 4 is 0 Å². The van der Waals surface area contributed by atoms with Crippen molar-refractivity contribution in [3.8, 4) is 11.6 Å². The Kier molecular flexibility index (Phi) is 4.74. The van der Waals surface area contributed by atoms with Crippen LogP contribution in [0, 0.1) is 13.8 Å². The van der Waals surface area contributed by atoms with Crippen molar-refractivity contribution in [1.29, 1.82) is 0 Å². The van der Waals surface area contributed by atoms with Gasteiger partial charge in [0.15, 0.2) is 0 Å². The average Bonchev–Trinajstić information content (AvgIpc) is 2.42. The summed E-state index contributed by atoms with van der Waals surface area (Å²) in [5, 5.41) is 3.16. The summed E-state index contributed by atoms with van der Waals surface area (Å²) in [7, 11) is 1.94. The van der Waals surface area contributed by atoms with E-state index in [2.05, 4.69) is 49.3 Å². The third kappa shape index (κ3) is 3.58. The summed E-state index contributed by atoms with van der Waals surface area (Å²) < 4.78 is 5.95. The van der Waals surface area contributed by atoms with E-state index in [1.54, 1.807) is 0 Å². The number of rotatable bonds is 5. The molecule has 0 bridgehead atoms. The van der Waals surface area contributed by atoms with Crippen LogP contribution >= 0.6 is 0 Å². The molecule has 3 nitrogen and oxygen atoms in total. The summed E-state index contributed by atoms with van der Waals surface area (Å²) in [6.45, 7) is 7.06. The third-order valence-corrected chi connectivity index (χ3v) is 3.20. The second kappa shape index (κ2) is 6.53. The molecule has 1 aromatic carbocycles. The summed E-state index contributed by atoms with van der Waals surface area (Å²) in [5.74, 6) is 1.54. The number of nitrogens with one attached hydrogen (secondary N) is 1. The molecule has 106 valence electrons. The lowest BCUT2D eigenvalue weighted by Gasteiger charge is -2.11. The second-order valence-corrected chi connectivity index (χ2v) is 5.06. The van der Waals surface area contributed by atoms with E-state index in [-0.39, 0.29) is 0 Å². The van der Waals surface area contributed by atoms with E-state index >= 15 is 0 Å². The number of aromatic nitrogens is 1. The SMILES string of the molecule is CCc1cc(CNC)cc(Oc2ccc(C)cc2C)n1. The van der Waals surface area contributed by atoms with Crippen LogP contribution in [-0.4, -0.2) is 12.0 Å². The molecule has 0 spiro atoms. The zero-order chi connectivity index (χ0) is 14.5. The van der Waals surface area contributed by atoms with E-state index in [0.29, 0.717) is 5.88 Å². The summed E-state index contributed by atoms with van der Waals surface area (Å²) in [4.78, 5) is 4.54. The number of pyridine rings is 1. The van der Waals surface area contributed by atoms with E-state index in [9.17, 15) is 0 Å². The van der Waals surface area contributed by atoms with Crippen molar-refractivity contribution in [2.75, 3.05) is 7.05 Å². The molecule has 1 aromatic heterocycles. The maximum atomic E-state index is 5.95. The molecule has 0 aliphatic carbocycles. The molecule has 3 heteroatoms. The molecule has 0 radical (unpaired) electrons. The fourth-order valence-electron chi connectivity index (χ4n) is 2.19. The Morgan fingerprint density at radius 2 is 1.95 bits per heavy atom. The zero-order valence-electron chi connectivity index (χ0n) is 12.7. The molecule has 2 aromatic rings. The molecule has 0 amide bonds. The first-order valence-corrected chi connectivity index (χ1v) is 7.02. The Labute approximate surface area is 121 Å². The number of hydrogen-bond donors (Lipinski definition) is 1. The van der Waals surface area contributed by atoms with Crippen LogP contribution in [-0.2, 0) is 13.0 Å². The van der Waals surface area contributed by atoms with E-state index in [0.717, 1.165) is 30.0 Å². The van der Waals surface area contributed by atoms with Crippen molar-refractivity contribution in [3.05, 3.63) is 52.7 Å². The first kappa shape index (κ1) is 14.5. The number of nitrogens with zero attached hydrogens (tertiary/aromatic N) is 1. The molecule has 1 heterocycles. The van der Waals surface area contributed by atoms with Crippen LogP contribution in [0.1, 0.15) is 29.3 Å². The normalized spacial score (nSPS) is 10.6. The Morgan fingerprint density at radius 3 is 2.60 bits per heavy atom. The van der Waals surface area contributed by atoms with E-state index < -0.39 is 0 Å². The van der Waals surface area contributed by atoms with E-state index in [4.69, 9.17) is 4.74 Å². The largest absolute Gasteiger partial charge is 0.439 e. The quantitative estimate of drug-likeness (QED) is 0.898. The number of hydrogen-bond acceptors (Lipinski definition) is 3. The van der Waals surface area contributed by atoms with Gasteiger partial charge in [-0.1, -0.05) is 24.6 Å². The molecule has 0 aliphatic heterocycles. The number of benzene rings is 1. The molecule has 0 saturated carbocycles. The highest BCUT2D eigenvalue weighted by Crippen LogP contribution is 2.25. The third-order valence-electron chi connectivity index (χ3n) is 3.20. The van der Waals surface area contributed by atoms with Crippen LogP contribution in [0.15, 0.2) is 30.3 Å². The molecular formula is C17H22N2O. The van der Waals surface area contributed by atoms with Crippen molar-refractivity contribution in [2.45, 2.75) is 33.7 Å². The van der Waals surface area contributed by atoms with Gasteiger partial charge >= 0.3 is 0 Å². The molecule has 0 unspecified atom stereocenters. The van der Waals surface area contributed by atoms with Crippen molar-refractivity contribution in [2.24, 2.45) is 0 Å². The Morgan fingerprint density at radius 1 is 1.15 bits per heavy atom. The maximum absolute atomic E-state index is 5.95. The van der Waals surface area contributed by atoms with Gasteiger partial charge in [-0.25, -0.2) is 4.98 Å². The van der Waals surface area contributed by atoms with Crippen LogP contribution < -0.4 is 10.1 Å². The summed E-state index contributed by atoms with van der Waals surface area (Å²) in [6, 6.07) is 10.3. The van der Waals surface area contributed by atoms with Crippen LogP contribution in [0.25, 0.3) is 0 Å². The van der Waals surface area contributed by atoms with Crippen LogP contribution in [0.4, 0.5) is 0 Å². The van der Waals surface area contributed by atoms with Crippen LogP contribution in [0.5, 0.6) is 11.6 Å². The smallest absolute Gasteiger partial charge is 0.219 e. The fraction of sp³-hybridized carbons (Fsp3) is 0.353. The first-order valence-electron chi connectivity index (χ1n) is 7.02. The Bertz CT molecular complexity index is 594. The van der Waals surface area contributed by atoms with Gasteiger partial charge in [0.2, 0.25) is 5.88 Å². The zero-order valence-corrected chi connectivity index (χ0v) is 12.7. The summed E-state index contributed by atoms with van der Waals surface area (Å²) in [6.07, 6.45) is 0.904. The highest BCUT2D eigenvalue weighted by atomic mass is 16.5. The lowest BCUT2D eigenvalue weighted by molar-refractivity contribution is 0.456. The van der Waals surface area contributed by atoms with Gasteiger partial charge in [0.1, 0.15) is 5.75 Å². The monoisotopic (exact) mass is 270 g/mol. The minimum Gasteiger partial charge on any atom is -0.439 e. The number of ether oxygens (including phenoxy) is 1. The van der Waals surface area contributed by atoms with Crippen molar-refractivity contribution < 1.29 is 4.74 Å². The van der Waals surface area contributed by atoms with Gasteiger partial charge in [-0.05, 0) is 50.6 Å². The average molecular weight is 270 g/mol. The summed E-state index contributed by atoms with van der Waals surface area (Å²) in [5.41, 5.74) is 4.61. The van der Waals surface area contributed by atoms with Crippen LogP contribution in [0.3, 0.4) is 0 Å². The second-order valence-electron chi connectivity index (χ2n) is 5.06. The summed E-state index contributed by atoms with van der Waals surface area (Å²) >= 11 is 0. The van der Waals surface area contributed by atoms with Gasteiger partial charge < -0.3 is 10.1 Å². The minimum atomic E-state index is 0.668. The van der Waals surface area contributed by atoms with E-state index in [1.807, 2.05) is 19.2 Å². The molecular weight excluding hydrogens is 248 g/mol. The first-order chi connectivity index (χ1) is 9.62. The molecule has 0 aliphatic rings. The molecule has 0 fully saturated rings. The molecule has 1 N–H and O–H groups in total. The maximum Gasteiger partial charge on any atom is 0.219 e. The predicted molar refractivity (Wildman–Crippen MR) is 82.4 cm³/mol. The van der Waals surface area contributed by atoms with Gasteiger partial charge in [0, 0.05) is 18.3 Å². The Balaban J connectivity index is 2.29. The lowest BCUT2D eigenvalue weighted by atomic mass is 10.1. The van der Waals surface area contributed by atoms with Crippen LogP contribution in [0.2, 0.25) is 0 Å². The predicted octanol–water partition coefficient (Wildman–Crippen LogP) is 3.77. The topological polar surface area (TPSA) is 34.1 Å². The van der Waals surface area contributed by atoms with Gasteiger partial charge in [-0.2, -0.15) is 0 Å². The highest BCUT2D eigenvalue weighted by molar-refractivity contribution is 5.38. The Hall–Kier alpha value is -1.87. The van der Waals surface area contributed by atoms with Crippen molar-refractivity contribution in [1.82, 2.24) is 10.3 Å². The lowest BCUT2D eigenvalue weighted by Crippen LogP contribution is -2.06. The van der Waals surface area contributed by atoms with Gasteiger partial charge in [0.05, 0.1) is 0 Å². The van der Waals surface area contributed by atoms with Crippen molar-refractivity contribution in [3.63, 3.8) is 0 Å². The molecule has 20 heavy (non-hydrogen) atoms. The molecule has 0 saturated heterocycles. The molecule has 2 rings (SSSR count). The van der Waals surface area contributed by atoms with Gasteiger partial charge in [-0.3, -0.25) is 0 Å². The number of aryl methyl sites for hydroxylation is 3. The highest BCUT2D eigenvalue weighted by Gasteiger charge is 2.06.